The lowest BCUT2D eigenvalue weighted by Gasteiger charge is -2.21. The Bertz CT molecular complexity index is 143. The van der Waals surface area contributed by atoms with Crippen LogP contribution in [0.5, 0.6) is 0 Å². The monoisotopic (exact) mass is 143 g/mol. The van der Waals surface area contributed by atoms with Gasteiger partial charge in [0.25, 0.3) is 0 Å². The van der Waals surface area contributed by atoms with E-state index < -0.39 is 0 Å². The van der Waals surface area contributed by atoms with Crippen molar-refractivity contribution in [2.75, 3.05) is 6.61 Å². The molecule has 58 valence electrons. The van der Waals surface area contributed by atoms with Crippen molar-refractivity contribution in [2.45, 2.75) is 32.2 Å². The Morgan fingerprint density at radius 1 is 1.60 bits per heavy atom. The molecule has 3 heteroatoms. The number of carbonyl (C=O) groups is 1. The fraction of sp³-hybridized carbons (Fsp3) is 0.857. The van der Waals surface area contributed by atoms with Crippen molar-refractivity contribution >= 4 is 6.09 Å². The van der Waals surface area contributed by atoms with Crippen LogP contribution in [0, 0.1) is 0 Å². The van der Waals surface area contributed by atoms with Crippen LogP contribution in [0.2, 0.25) is 0 Å². The summed E-state index contributed by atoms with van der Waals surface area (Å²) >= 11 is 0. The summed E-state index contributed by atoms with van der Waals surface area (Å²) in [7, 11) is 0. The van der Waals surface area contributed by atoms with Crippen LogP contribution < -0.4 is 5.32 Å². The van der Waals surface area contributed by atoms with E-state index in [9.17, 15) is 4.79 Å². The van der Waals surface area contributed by atoms with E-state index >= 15 is 0 Å². The zero-order valence-corrected chi connectivity index (χ0v) is 6.44. The number of hydrogen-bond donors (Lipinski definition) is 1. The normalized spacial score (nSPS) is 24.4. The third-order valence-corrected chi connectivity index (χ3v) is 1.62. The lowest BCUT2D eigenvalue weighted by Crippen LogP contribution is -2.41. The summed E-state index contributed by atoms with van der Waals surface area (Å²) < 4.78 is 4.79. The van der Waals surface area contributed by atoms with Gasteiger partial charge < -0.3 is 10.1 Å². The van der Waals surface area contributed by atoms with Crippen LogP contribution in [0.1, 0.15) is 26.7 Å². The lowest BCUT2D eigenvalue weighted by atomic mass is 10.00. The van der Waals surface area contributed by atoms with Crippen molar-refractivity contribution in [1.29, 1.82) is 0 Å². The minimum Gasteiger partial charge on any atom is -0.450 e. The van der Waals surface area contributed by atoms with Crippen LogP contribution in [0.4, 0.5) is 4.79 Å². The van der Waals surface area contributed by atoms with E-state index in [1.807, 2.05) is 13.8 Å². The average molecular weight is 143 g/mol. The summed E-state index contributed by atoms with van der Waals surface area (Å²) in [6, 6.07) is 0. The minimum atomic E-state index is -0.289. The van der Waals surface area contributed by atoms with Crippen molar-refractivity contribution in [3.8, 4) is 0 Å². The second-order valence-electron chi connectivity index (χ2n) is 3.25. The molecule has 0 aliphatic carbocycles. The highest BCUT2D eigenvalue weighted by atomic mass is 16.5. The molecule has 1 heterocycles. The molecule has 1 N–H and O–H groups in total. The Balaban J connectivity index is 2.54. The first-order valence-electron chi connectivity index (χ1n) is 3.55. The van der Waals surface area contributed by atoms with E-state index in [0.29, 0.717) is 6.61 Å². The predicted molar refractivity (Wildman–Crippen MR) is 37.8 cm³/mol. The first-order valence-corrected chi connectivity index (χ1v) is 3.55. The summed E-state index contributed by atoms with van der Waals surface area (Å²) in [4.78, 5) is 10.8. The standard InChI is InChI=1S/C7H13NO2/c1-7(2)4-3-5-10-6(9)8-7/h3-5H2,1-2H3,(H,8,9). The maximum Gasteiger partial charge on any atom is 0.407 e. The maximum absolute atomic E-state index is 10.8. The Morgan fingerprint density at radius 3 is 3.00 bits per heavy atom. The predicted octanol–water partition coefficient (Wildman–Crippen LogP) is 1.28. The molecule has 1 rings (SSSR count). The van der Waals surface area contributed by atoms with Gasteiger partial charge in [0.1, 0.15) is 0 Å². The summed E-state index contributed by atoms with van der Waals surface area (Å²) in [6.07, 6.45) is 1.65. The molecule has 0 bridgehead atoms. The van der Waals surface area contributed by atoms with Gasteiger partial charge in [-0.3, -0.25) is 0 Å². The third kappa shape index (κ3) is 1.90. The van der Waals surface area contributed by atoms with Crippen LogP contribution in [0.15, 0.2) is 0 Å². The van der Waals surface area contributed by atoms with Crippen molar-refractivity contribution in [1.82, 2.24) is 5.32 Å². The maximum atomic E-state index is 10.8. The minimum absolute atomic E-state index is 0.0897. The van der Waals surface area contributed by atoms with Crippen molar-refractivity contribution in [3.63, 3.8) is 0 Å². The topological polar surface area (TPSA) is 38.3 Å². The van der Waals surface area contributed by atoms with Crippen LogP contribution in [-0.4, -0.2) is 18.2 Å². The zero-order chi connectivity index (χ0) is 7.61. The Kier molecular flexibility index (Phi) is 1.83. The quantitative estimate of drug-likeness (QED) is 0.554. The number of cyclic esters (lactones) is 1. The van der Waals surface area contributed by atoms with Gasteiger partial charge in [-0.15, -0.1) is 0 Å². The molecule has 0 saturated carbocycles. The molecule has 10 heavy (non-hydrogen) atoms. The van der Waals surface area contributed by atoms with Crippen LogP contribution in [-0.2, 0) is 4.74 Å². The molecule has 1 amide bonds. The number of hydrogen-bond acceptors (Lipinski definition) is 2. The van der Waals surface area contributed by atoms with Gasteiger partial charge in [0.2, 0.25) is 0 Å². The zero-order valence-electron chi connectivity index (χ0n) is 6.44. The SMILES string of the molecule is CC1(C)CCCOC(=O)N1. The summed E-state index contributed by atoms with van der Waals surface area (Å²) in [6.45, 7) is 4.55. The largest absolute Gasteiger partial charge is 0.450 e. The first-order chi connectivity index (χ1) is 4.60. The molecular formula is C7H13NO2. The molecule has 1 aliphatic heterocycles. The summed E-state index contributed by atoms with van der Waals surface area (Å²) in [5, 5.41) is 2.76. The van der Waals surface area contributed by atoms with Gasteiger partial charge in [0.05, 0.1) is 6.61 Å². The highest BCUT2D eigenvalue weighted by Gasteiger charge is 2.23. The van der Waals surface area contributed by atoms with E-state index in [0.717, 1.165) is 12.8 Å². The number of nitrogens with one attached hydrogen (secondary N) is 1. The molecule has 0 aromatic carbocycles. The molecular weight excluding hydrogens is 130 g/mol. The van der Waals surface area contributed by atoms with E-state index in [2.05, 4.69) is 5.32 Å². The number of alkyl carbamates (subject to hydrolysis) is 1. The molecule has 0 aromatic heterocycles. The van der Waals surface area contributed by atoms with E-state index in [-0.39, 0.29) is 11.6 Å². The molecule has 0 atom stereocenters. The molecule has 0 spiro atoms. The van der Waals surface area contributed by atoms with Gasteiger partial charge in [0.15, 0.2) is 0 Å². The summed E-state index contributed by atoms with van der Waals surface area (Å²) in [5.74, 6) is 0. The number of carbonyl (C=O) groups excluding carboxylic acids is 1. The van der Waals surface area contributed by atoms with Gasteiger partial charge in [-0.1, -0.05) is 0 Å². The smallest absolute Gasteiger partial charge is 0.407 e. The molecule has 0 radical (unpaired) electrons. The highest BCUT2D eigenvalue weighted by Crippen LogP contribution is 2.14. The van der Waals surface area contributed by atoms with E-state index in [1.54, 1.807) is 0 Å². The van der Waals surface area contributed by atoms with Crippen molar-refractivity contribution in [3.05, 3.63) is 0 Å². The van der Waals surface area contributed by atoms with Gasteiger partial charge in [-0.2, -0.15) is 0 Å². The van der Waals surface area contributed by atoms with Crippen molar-refractivity contribution < 1.29 is 9.53 Å². The summed E-state index contributed by atoms with van der Waals surface area (Å²) in [5.41, 5.74) is -0.0897. The fourth-order valence-electron chi connectivity index (χ4n) is 1.05. The number of ether oxygens (including phenoxy) is 1. The molecule has 1 fully saturated rings. The Morgan fingerprint density at radius 2 is 2.30 bits per heavy atom. The van der Waals surface area contributed by atoms with Crippen LogP contribution in [0.3, 0.4) is 0 Å². The Labute approximate surface area is 60.7 Å². The number of rotatable bonds is 0. The van der Waals surface area contributed by atoms with Gasteiger partial charge >= 0.3 is 6.09 Å². The molecule has 1 saturated heterocycles. The van der Waals surface area contributed by atoms with Gasteiger partial charge in [-0.05, 0) is 26.7 Å². The second-order valence-corrected chi connectivity index (χ2v) is 3.25. The molecule has 0 aromatic rings. The molecule has 0 unspecified atom stereocenters. The fourth-order valence-corrected chi connectivity index (χ4v) is 1.05. The molecule has 1 aliphatic rings. The highest BCUT2D eigenvalue weighted by molar-refractivity contribution is 5.68. The number of amides is 1. The van der Waals surface area contributed by atoms with E-state index in [4.69, 9.17) is 4.74 Å². The van der Waals surface area contributed by atoms with Gasteiger partial charge in [0, 0.05) is 5.54 Å². The van der Waals surface area contributed by atoms with E-state index in [1.165, 1.54) is 0 Å². The van der Waals surface area contributed by atoms with Crippen LogP contribution in [0.25, 0.3) is 0 Å². The van der Waals surface area contributed by atoms with Gasteiger partial charge in [-0.25, -0.2) is 4.79 Å². The lowest BCUT2D eigenvalue weighted by molar-refractivity contribution is 0.149. The second kappa shape index (κ2) is 2.48. The Hall–Kier alpha value is -0.730. The average Bonchev–Trinajstić information content (AvgIpc) is 1.90. The van der Waals surface area contributed by atoms with Crippen LogP contribution >= 0.6 is 0 Å². The third-order valence-electron chi connectivity index (χ3n) is 1.62. The van der Waals surface area contributed by atoms with Crippen molar-refractivity contribution in [2.24, 2.45) is 0 Å². The first kappa shape index (κ1) is 7.38. The molecule has 3 nitrogen and oxygen atoms in total.